The molecule has 4 nitrogen and oxygen atoms in total. The molecule has 0 aliphatic carbocycles. The lowest BCUT2D eigenvalue weighted by atomic mass is 10.2. The zero-order chi connectivity index (χ0) is 13.3. The molecule has 1 saturated heterocycles. The number of carbonyl (C=O) groups is 1. The second-order valence-electron chi connectivity index (χ2n) is 3.96. The number of anilines is 1. The number of hydrogen-bond donors (Lipinski definition) is 1. The zero-order valence-electron chi connectivity index (χ0n) is 9.28. The van der Waals surface area contributed by atoms with Gasteiger partial charge in [-0.1, -0.05) is 15.9 Å². The van der Waals surface area contributed by atoms with Crippen LogP contribution >= 0.6 is 15.9 Å². The molecule has 0 aromatic heterocycles. The van der Waals surface area contributed by atoms with E-state index in [9.17, 15) is 13.6 Å². The summed E-state index contributed by atoms with van der Waals surface area (Å²) in [5.41, 5.74) is 5.99. The monoisotopic (exact) mass is 320 g/mol. The molecule has 1 aromatic rings. The molecule has 1 fully saturated rings. The number of alkyl halides is 2. The molecule has 18 heavy (non-hydrogen) atoms. The van der Waals surface area contributed by atoms with Crippen molar-refractivity contribution in [1.29, 1.82) is 0 Å². The largest absolute Gasteiger partial charge is 0.433 e. The van der Waals surface area contributed by atoms with E-state index < -0.39 is 6.61 Å². The fourth-order valence-electron chi connectivity index (χ4n) is 1.87. The van der Waals surface area contributed by atoms with Gasteiger partial charge in [-0.2, -0.15) is 8.78 Å². The van der Waals surface area contributed by atoms with Crippen molar-refractivity contribution in [2.45, 2.75) is 19.1 Å². The maximum absolute atomic E-state index is 12.3. The van der Waals surface area contributed by atoms with E-state index in [0.717, 1.165) is 0 Å². The van der Waals surface area contributed by atoms with Crippen LogP contribution in [-0.4, -0.2) is 25.1 Å². The Morgan fingerprint density at radius 3 is 2.78 bits per heavy atom. The lowest BCUT2D eigenvalue weighted by molar-refractivity contribution is -0.117. The predicted molar refractivity (Wildman–Crippen MR) is 65.7 cm³/mol. The van der Waals surface area contributed by atoms with Crippen LogP contribution in [0.2, 0.25) is 0 Å². The summed E-state index contributed by atoms with van der Waals surface area (Å²) in [4.78, 5) is 13.1. The number of carbonyl (C=O) groups excluding carboxylic acids is 1. The average molecular weight is 321 g/mol. The molecule has 1 aromatic carbocycles. The van der Waals surface area contributed by atoms with Crippen LogP contribution in [0.5, 0.6) is 5.75 Å². The Morgan fingerprint density at radius 1 is 1.50 bits per heavy atom. The molecule has 0 radical (unpaired) electrons. The molecular formula is C11H11BrF2N2O2. The normalized spacial score (nSPS) is 19.7. The molecule has 7 heteroatoms. The van der Waals surface area contributed by atoms with Gasteiger partial charge < -0.3 is 15.4 Å². The Hall–Kier alpha value is -1.21. The van der Waals surface area contributed by atoms with E-state index in [1.54, 1.807) is 12.1 Å². The van der Waals surface area contributed by atoms with Crippen LogP contribution in [0.4, 0.5) is 14.5 Å². The summed E-state index contributed by atoms with van der Waals surface area (Å²) in [6, 6.07) is 4.33. The lowest BCUT2D eigenvalue weighted by Gasteiger charge is -2.20. The van der Waals surface area contributed by atoms with Crippen LogP contribution in [0.1, 0.15) is 6.42 Å². The number of ether oxygens (including phenoxy) is 1. The van der Waals surface area contributed by atoms with Crippen LogP contribution in [0.3, 0.4) is 0 Å². The van der Waals surface area contributed by atoms with Crippen molar-refractivity contribution < 1.29 is 18.3 Å². The molecular weight excluding hydrogens is 310 g/mol. The van der Waals surface area contributed by atoms with Crippen LogP contribution in [0.25, 0.3) is 0 Å². The van der Waals surface area contributed by atoms with Gasteiger partial charge in [0.2, 0.25) is 5.91 Å². The summed E-state index contributed by atoms with van der Waals surface area (Å²) in [6.45, 7) is -2.63. The minimum atomic E-state index is -2.94. The van der Waals surface area contributed by atoms with E-state index in [0.29, 0.717) is 16.7 Å². The Kier molecular flexibility index (Phi) is 3.82. The van der Waals surface area contributed by atoms with Crippen LogP contribution in [-0.2, 0) is 4.79 Å². The minimum absolute atomic E-state index is 0.0400. The quantitative estimate of drug-likeness (QED) is 0.928. The van der Waals surface area contributed by atoms with E-state index in [1.165, 1.54) is 11.0 Å². The van der Waals surface area contributed by atoms with Gasteiger partial charge in [-0.25, -0.2) is 0 Å². The fraction of sp³-hybridized carbons (Fsp3) is 0.364. The maximum atomic E-state index is 12.3. The first-order valence-corrected chi connectivity index (χ1v) is 6.07. The number of benzene rings is 1. The number of hydrogen-bond acceptors (Lipinski definition) is 3. The topological polar surface area (TPSA) is 55.6 Å². The van der Waals surface area contributed by atoms with Gasteiger partial charge >= 0.3 is 6.61 Å². The van der Waals surface area contributed by atoms with Crippen molar-refractivity contribution in [3.05, 3.63) is 22.7 Å². The summed E-state index contributed by atoms with van der Waals surface area (Å²) < 4.78 is 29.7. The number of halogens is 3. The van der Waals surface area contributed by atoms with E-state index in [1.807, 2.05) is 0 Å². The molecule has 2 N–H and O–H groups in total. The SMILES string of the molecule is NC1CC(=O)N(c2ccc(Br)cc2OC(F)F)C1. The van der Waals surface area contributed by atoms with Crippen molar-refractivity contribution in [3.63, 3.8) is 0 Å². The van der Waals surface area contributed by atoms with Gasteiger partial charge in [-0.15, -0.1) is 0 Å². The number of nitrogens with two attached hydrogens (primary N) is 1. The van der Waals surface area contributed by atoms with Crippen LogP contribution in [0.15, 0.2) is 22.7 Å². The maximum Gasteiger partial charge on any atom is 0.387 e. The Labute approximate surface area is 111 Å². The van der Waals surface area contributed by atoms with E-state index >= 15 is 0 Å². The van der Waals surface area contributed by atoms with Crippen molar-refractivity contribution in [2.24, 2.45) is 5.73 Å². The lowest BCUT2D eigenvalue weighted by Crippen LogP contribution is -2.28. The van der Waals surface area contributed by atoms with Gasteiger partial charge in [-0.3, -0.25) is 4.79 Å². The third-order valence-corrected chi connectivity index (χ3v) is 3.08. The average Bonchev–Trinajstić information content (AvgIpc) is 2.57. The highest BCUT2D eigenvalue weighted by Crippen LogP contribution is 2.34. The molecule has 1 unspecified atom stereocenters. The third kappa shape index (κ3) is 2.78. The van der Waals surface area contributed by atoms with Crippen molar-refractivity contribution in [2.75, 3.05) is 11.4 Å². The first-order valence-electron chi connectivity index (χ1n) is 5.27. The van der Waals surface area contributed by atoms with E-state index in [2.05, 4.69) is 20.7 Å². The second-order valence-corrected chi connectivity index (χ2v) is 4.87. The smallest absolute Gasteiger partial charge is 0.387 e. The summed E-state index contributed by atoms with van der Waals surface area (Å²) in [5, 5.41) is 0. The first-order chi connectivity index (χ1) is 8.47. The van der Waals surface area contributed by atoms with Gasteiger partial charge in [0, 0.05) is 23.5 Å². The first kappa shape index (κ1) is 13.2. The Morgan fingerprint density at radius 2 is 2.22 bits per heavy atom. The highest BCUT2D eigenvalue weighted by molar-refractivity contribution is 9.10. The second kappa shape index (κ2) is 5.19. The molecule has 98 valence electrons. The highest BCUT2D eigenvalue weighted by Gasteiger charge is 2.30. The van der Waals surface area contributed by atoms with Gasteiger partial charge in [0.05, 0.1) is 5.69 Å². The van der Waals surface area contributed by atoms with E-state index in [4.69, 9.17) is 5.73 Å². The molecule has 2 rings (SSSR count). The van der Waals surface area contributed by atoms with Gasteiger partial charge in [0.15, 0.2) is 5.75 Å². The van der Waals surface area contributed by atoms with E-state index in [-0.39, 0.29) is 24.1 Å². The molecule has 0 saturated carbocycles. The number of rotatable bonds is 3. The zero-order valence-corrected chi connectivity index (χ0v) is 10.9. The van der Waals surface area contributed by atoms with Crippen molar-refractivity contribution in [1.82, 2.24) is 0 Å². The standard InChI is InChI=1S/C11H11BrF2N2O2/c12-6-1-2-8(9(3-6)18-11(13)14)16-5-7(15)4-10(16)17/h1-3,7,11H,4-5,15H2. The summed E-state index contributed by atoms with van der Waals surface area (Å²) in [7, 11) is 0. The minimum Gasteiger partial charge on any atom is -0.433 e. The van der Waals surface area contributed by atoms with Crippen molar-refractivity contribution in [3.8, 4) is 5.75 Å². The van der Waals surface area contributed by atoms with Crippen LogP contribution < -0.4 is 15.4 Å². The third-order valence-electron chi connectivity index (χ3n) is 2.58. The molecule has 1 aliphatic rings. The molecule has 1 heterocycles. The Balaban J connectivity index is 2.34. The molecule has 1 aliphatic heterocycles. The fourth-order valence-corrected chi connectivity index (χ4v) is 2.21. The molecule has 1 atom stereocenters. The highest BCUT2D eigenvalue weighted by atomic mass is 79.9. The van der Waals surface area contributed by atoms with Gasteiger partial charge in [-0.05, 0) is 18.2 Å². The van der Waals surface area contributed by atoms with Gasteiger partial charge in [0.1, 0.15) is 0 Å². The predicted octanol–water partition coefficient (Wildman–Crippen LogP) is 2.11. The summed E-state index contributed by atoms with van der Waals surface area (Å²) >= 11 is 3.17. The van der Waals surface area contributed by atoms with Gasteiger partial charge in [0.25, 0.3) is 0 Å². The molecule has 0 bridgehead atoms. The number of amides is 1. The summed E-state index contributed by atoms with van der Waals surface area (Å²) in [5.74, 6) is -0.231. The van der Waals surface area contributed by atoms with Crippen LogP contribution in [0, 0.1) is 0 Å². The molecule has 0 spiro atoms. The molecule has 1 amide bonds. The summed E-state index contributed by atoms with van der Waals surface area (Å²) in [6.07, 6.45) is 0.212. The Bertz CT molecular complexity index is 470. The number of nitrogens with zero attached hydrogens (tertiary/aromatic N) is 1. The van der Waals surface area contributed by atoms with Crippen molar-refractivity contribution >= 4 is 27.5 Å².